The second-order valence-corrected chi connectivity index (χ2v) is 6.40. The topological polar surface area (TPSA) is 0 Å². The van der Waals surface area contributed by atoms with E-state index in [1.54, 1.807) is 0 Å². The van der Waals surface area contributed by atoms with Crippen LogP contribution in [0.1, 0.15) is 110 Å². The first-order chi connectivity index (χ1) is 10.4. The zero-order valence-electron chi connectivity index (χ0n) is 14.8. The van der Waals surface area contributed by atoms with Crippen LogP contribution in [0.15, 0.2) is 24.8 Å². The number of hydrogen-bond donors (Lipinski definition) is 0. The van der Waals surface area contributed by atoms with E-state index in [-0.39, 0.29) is 0 Å². The van der Waals surface area contributed by atoms with Crippen LogP contribution < -0.4 is 0 Å². The first-order valence-corrected chi connectivity index (χ1v) is 9.69. The third kappa shape index (κ3) is 19.5. The zero-order valence-corrected chi connectivity index (χ0v) is 14.8. The standard InChI is InChI=1S/C21H40/c1-3-5-7-9-11-13-15-17-19-21-20-18-16-14-12-10-8-6-4-2/h3,5,7H,1,4,6,8-21H2,2H3. The van der Waals surface area contributed by atoms with Gasteiger partial charge in [0, 0.05) is 0 Å². The summed E-state index contributed by atoms with van der Waals surface area (Å²) in [6.07, 6.45) is 29.0. The molecule has 0 aromatic rings. The predicted octanol–water partition coefficient (Wildman–Crippen LogP) is 7.99. The summed E-state index contributed by atoms with van der Waals surface area (Å²) in [7, 11) is 0. The Morgan fingerprint density at radius 3 is 1.33 bits per heavy atom. The summed E-state index contributed by atoms with van der Waals surface area (Å²) in [6, 6.07) is 0. The molecule has 0 heterocycles. The van der Waals surface area contributed by atoms with Crippen molar-refractivity contribution in [3.05, 3.63) is 24.8 Å². The lowest BCUT2D eigenvalue weighted by molar-refractivity contribution is 0.533. The fraction of sp³-hybridized carbons (Fsp3) is 0.810. The van der Waals surface area contributed by atoms with Crippen LogP contribution in [-0.2, 0) is 0 Å². The molecule has 124 valence electrons. The third-order valence-electron chi connectivity index (χ3n) is 4.25. The largest absolute Gasteiger partial charge is 0.0991 e. The molecule has 21 heavy (non-hydrogen) atoms. The van der Waals surface area contributed by atoms with Gasteiger partial charge in [0.1, 0.15) is 0 Å². The van der Waals surface area contributed by atoms with Crippen molar-refractivity contribution in [3.8, 4) is 0 Å². The summed E-state index contributed by atoms with van der Waals surface area (Å²) in [6.45, 7) is 5.98. The molecule has 0 heteroatoms. The Morgan fingerprint density at radius 2 is 0.952 bits per heavy atom. The quantitative estimate of drug-likeness (QED) is 0.188. The first-order valence-electron chi connectivity index (χ1n) is 9.69. The molecular weight excluding hydrogens is 252 g/mol. The molecule has 0 aromatic carbocycles. The summed E-state index contributed by atoms with van der Waals surface area (Å²) in [5, 5.41) is 0. The lowest BCUT2D eigenvalue weighted by Gasteiger charge is -2.03. The van der Waals surface area contributed by atoms with Crippen molar-refractivity contribution in [2.45, 2.75) is 110 Å². The Morgan fingerprint density at radius 1 is 0.571 bits per heavy atom. The van der Waals surface area contributed by atoms with Crippen LogP contribution in [0.2, 0.25) is 0 Å². The molecule has 0 bridgehead atoms. The molecule has 0 amide bonds. The van der Waals surface area contributed by atoms with Crippen molar-refractivity contribution < 1.29 is 0 Å². The summed E-state index contributed by atoms with van der Waals surface area (Å²) in [4.78, 5) is 0. The molecule has 0 rings (SSSR count). The van der Waals surface area contributed by atoms with Gasteiger partial charge >= 0.3 is 0 Å². The van der Waals surface area contributed by atoms with Gasteiger partial charge in [0.05, 0.1) is 0 Å². The molecule has 0 atom stereocenters. The van der Waals surface area contributed by atoms with Crippen molar-refractivity contribution in [2.24, 2.45) is 0 Å². The molecule has 0 N–H and O–H groups in total. The highest BCUT2D eigenvalue weighted by Gasteiger charge is 1.93. The van der Waals surface area contributed by atoms with Crippen molar-refractivity contribution in [2.75, 3.05) is 0 Å². The van der Waals surface area contributed by atoms with Crippen LogP contribution in [0, 0.1) is 0 Å². The van der Waals surface area contributed by atoms with Crippen LogP contribution in [0.25, 0.3) is 0 Å². The molecule has 0 radical (unpaired) electrons. The molecule has 0 aromatic heterocycles. The zero-order chi connectivity index (χ0) is 15.4. The molecule has 0 spiro atoms. The number of hydrogen-bond acceptors (Lipinski definition) is 0. The maximum Gasteiger partial charge on any atom is -0.0348 e. The van der Waals surface area contributed by atoms with Crippen molar-refractivity contribution >= 4 is 0 Å². The van der Waals surface area contributed by atoms with E-state index in [4.69, 9.17) is 0 Å². The fourth-order valence-electron chi connectivity index (χ4n) is 2.83. The van der Waals surface area contributed by atoms with Gasteiger partial charge in [-0.25, -0.2) is 0 Å². The van der Waals surface area contributed by atoms with E-state index in [9.17, 15) is 0 Å². The van der Waals surface area contributed by atoms with Crippen LogP contribution in [-0.4, -0.2) is 0 Å². The summed E-state index contributed by atoms with van der Waals surface area (Å²) < 4.78 is 0. The van der Waals surface area contributed by atoms with Gasteiger partial charge in [-0.3, -0.25) is 0 Å². The fourth-order valence-corrected chi connectivity index (χ4v) is 2.83. The number of rotatable bonds is 17. The highest BCUT2D eigenvalue weighted by molar-refractivity contribution is 4.96. The highest BCUT2D eigenvalue weighted by Crippen LogP contribution is 2.13. The average molecular weight is 293 g/mol. The predicted molar refractivity (Wildman–Crippen MR) is 98.9 cm³/mol. The minimum atomic E-state index is 1.23. The Labute approximate surface area is 135 Å². The molecule has 0 saturated heterocycles. The van der Waals surface area contributed by atoms with Crippen LogP contribution in [0.3, 0.4) is 0 Å². The minimum Gasteiger partial charge on any atom is -0.0991 e. The Balaban J connectivity index is 2.96. The summed E-state index contributed by atoms with van der Waals surface area (Å²) in [5.41, 5.74) is 0. The van der Waals surface area contributed by atoms with Gasteiger partial charge in [-0.1, -0.05) is 122 Å². The normalized spacial score (nSPS) is 11.3. The number of allylic oxidation sites excluding steroid dienone is 3. The van der Waals surface area contributed by atoms with Crippen molar-refractivity contribution in [3.63, 3.8) is 0 Å². The van der Waals surface area contributed by atoms with Crippen molar-refractivity contribution in [1.29, 1.82) is 0 Å². The van der Waals surface area contributed by atoms with E-state index in [1.807, 2.05) is 6.08 Å². The van der Waals surface area contributed by atoms with Crippen LogP contribution in [0.4, 0.5) is 0 Å². The second kappa shape index (κ2) is 19.5. The Bertz CT molecular complexity index is 214. The maximum atomic E-state index is 3.68. The van der Waals surface area contributed by atoms with Gasteiger partial charge in [0.15, 0.2) is 0 Å². The van der Waals surface area contributed by atoms with Gasteiger partial charge in [0.25, 0.3) is 0 Å². The van der Waals surface area contributed by atoms with Gasteiger partial charge in [-0.05, 0) is 12.8 Å². The Kier molecular flexibility index (Phi) is 19.0. The molecule has 0 fully saturated rings. The van der Waals surface area contributed by atoms with Crippen molar-refractivity contribution in [1.82, 2.24) is 0 Å². The van der Waals surface area contributed by atoms with E-state index in [1.165, 1.54) is 103 Å². The van der Waals surface area contributed by atoms with E-state index in [0.717, 1.165) is 0 Å². The molecule has 0 saturated carbocycles. The minimum absolute atomic E-state index is 1.23. The van der Waals surface area contributed by atoms with E-state index in [0.29, 0.717) is 0 Å². The van der Waals surface area contributed by atoms with Gasteiger partial charge in [-0.2, -0.15) is 0 Å². The summed E-state index contributed by atoms with van der Waals surface area (Å²) in [5.74, 6) is 0. The summed E-state index contributed by atoms with van der Waals surface area (Å²) >= 11 is 0. The molecule has 0 unspecified atom stereocenters. The Hall–Kier alpha value is -0.520. The second-order valence-electron chi connectivity index (χ2n) is 6.40. The highest BCUT2D eigenvalue weighted by atomic mass is 14.0. The van der Waals surface area contributed by atoms with E-state index >= 15 is 0 Å². The van der Waals surface area contributed by atoms with Crippen LogP contribution in [0.5, 0.6) is 0 Å². The van der Waals surface area contributed by atoms with Gasteiger partial charge in [0.2, 0.25) is 0 Å². The smallest absolute Gasteiger partial charge is 0.0348 e. The first kappa shape index (κ1) is 20.5. The molecule has 0 aliphatic heterocycles. The van der Waals surface area contributed by atoms with Gasteiger partial charge < -0.3 is 0 Å². The molecular formula is C21H40. The average Bonchev–Trinajstić information content (AvgIpc) is 2.50. The van der Waals surface area contributed by atoms with E-state index in [2.05, 4.69) is 25.7 Å². The van der Waals surface area contributed by atoms with Crippen LogP contribution >= 0.6 is 0 Å². The maximum absolute atomic E-state index is 3.68. The monoisotopic (exact) mass is 292 g/mol. The lowest BCUT2D eigenvalue weighted by Crippen LogP contribution is -1.83. The lowest BCUT2D eigenvalue weighted by atomic mass is 10.0. The molecule has 0 aliphatic rings. The molecule has 0 aliphatic carbocycles. The SMILES string of the molecule is C=CC=CCCCCCCCCCCCCCCCCC. The molecule has 0 nitrogen and oxygen atoms in total. The van der Waals surface area contributed by atoms with Gasteiger partial charge in [-0.15, -0.1) is 0 Å². The van der Waals surface area contributed by atoms with E-state index < -0.39 is 0 Å². The number of unbranched alkanes of at least 4 members (excludes halogenated alkanes) is 15. The third-order valence-corrected chi connectivity index (χ3v) is 4.25.